The molecule has 3 N–H and O–H groups in total. The van der Waals surface area contributed by atoms with Gasteiger partial charge in [0.1, 0.15) is 11.8 Å². The minimum absolute atomic E-state index is 0.0226. The average Bonchev–Trinajstić information content (AvgIpc) is 3.01. The summed E-state index contributed by atoms with van der Waals surface area (Å²) in [5, 5.41) is 11.4. The Labute approximate surface area is 165 Å². The van der Waals surface area contributed by atoms with Gasteiger partial charge in [-0.2, -0.15) is 0 Å². The van der Waals surface area contributed by atoms with Crippen LogP contribution >= 0.6 is 23.4 Å². The van der Waals surface area contributed by atoms with Crippen LogP contribution in [0.15, 0.2) is 23.4 Å². The molecule has 1 aromatic heterocycles. The number of carbonyl (C=O) groups is 2. The lowest BCUT2D eigenvalue weighted by molar-refractivity contribution is -0.137. The first-order valence-electron chi connectivity index (χ1n) is 7.95. The van der Waals surface area contributed by atoms with E-state index in [4.69, 9.17) is 22.1 Å². The number of thioether (sulfide) groups is 1. The van der Waals surface area contributed by atoms with Crippen LogP contribution in [0.5, 0.6) is 5.75 Å². The Morgan fingerprint density at radius 1 is 1.37 bits per heavy atom. The maximum Gasteiger partial charge on any atom is 0.316 e. The van der Waals surface area contributed by atoms with Crippen molar-refractivity contribution in [3.63, 3.8) is 0 Å². The summed E-state index contributed by atoms with van der Waals surface area (Å²) in [6.45, 7) is 1.83. The van der Waals surface area contributed by atoms with Gasteiger partial charge in [0, 0.05) is 5.02 Å². The lowest BCUT2D eigenvalue weighted by atomic mass is 10.2. The molecular weight excluding hydrogens is 394 g/mol. The molecule has 1 unspecified atom stereocenters. The maximum atomic E-state index is 12.9. The van der Waals surface area contributed by atoms with E-state index in [1.807, 2.05) is 6.92 Å². The fourth-order valence-corrected chi connectivity index (χ4v) is 3.34. The molecule has 11 heteroatoms. The normalized spacial score (nSPS) is 11.7. The molecule has 27 heavy (non-hydrogen) atoms. The SMILES string of the molecule is CCC(C(=O)Nc1cc(Cl)ccc1OC)n1c(N)nnc1SCC(=O)OC. The molecule has 1 atom stereocenters. The van der Waals surface area contributed by atoms with Crippen LogP contribution in [0.2, 0.25) is 5.02 Å². The first-order chi connectivity index (χ1) is 12.9. The van der Waals surface area contributed by atoms with Crippen molar-refractivity contribution in [1.29, 1.82) is 0 Å². The van der Waals surface area contributed by atoms with Crippen molar-refractivity contribution in [3.8, 4) is 5.75 Å². The summed E-state index contributed by atoms with van der Waals surface area (Å²) >= 11 is 7.09. The zero-order chi connectivity index (χ0) is 20.0. The molecule has 0 aliphatic carbocycles. The molecule has 1 aromatic carbocycles. The van der Waals surface area contributed by atoms with Crippen LogP contribution in [-0.4, -0.2) is 46.6 Å². The van der Waals surface area contributed by atoms with E-state index in [-0.39, 0.29) is 17.6 Å². The topological polar surface area (TPSA) is 121 Å². The van der Waals surface area contributed by atoms with Crippen LogP contribution < -0.4 is 15.8 Å². The van der Waals surface area contributed by atoms with Crippen molar-refractivity contribution < 1.29 is 19.1 Å². The smallest absolute Gasteiger partial charge is 0.316 e. The third kappa shape index (κ3) is 5.04. The molecule has 9 nitrogen and oxygen atoms in total. The van der Waals surface area contributed by atoms with Gasteiger partial charge >= 0.3 is 5.97 Å². The van der Waals surface area contributed by atoms with Crippen molar-refractivity contribution >= 4 is 46.9 Å². The van der Waals surface area contributed by atoms with Gasteiger partial charge in [-0.15, -0.1) is 10.2 Å². The van der Waals surface area contributed by atoms with Crippen molar-refractivity contribution in [1.82, 2.24) is 14.8 Å². The summed E-state index contributed by atoms with van der Waals surface area (Å²) < 4.78 is 11.3. The molecule has 0 saturated carbocycles. The van der Waals surface area contributed by atoms with Crippen LogP contribution in [-0.2, 0) is 14.3 Å². The van der Waals surface area contributed by atoms with E-state index < -0.39 is 12.0 Å². The highest BCUT2D eigenvalue weighted by atomic mass is 35.5. The van der Waals surface area contributed by atoms with E-state index in [2.05, 4.69) is 20.3 Å². The van der Waals surface area contributed by atoms with Gasteiger partial charge in [0.2, 0.25) is 11.9 Å². The zero-order valence-corrected chi connectivity index (χ0v) is 16.6. The number of carbonyl (C=O) groups excluding carboxylic acids is 2. The molecule has 0 radical (unpaired) electrons. The molecule has 0 fully saturated rings. The molecule has 0 aliphatic rings. The number of hydrogen-bond acceptors (Lipinski definition) is 8. The predicted octanol–water partition coefficient (Wildman–Crippen LogP) is 2.38. The van der Waals surface area contributed by atoms with Crippen LogP contribution in [0.3, 0.4) is 0 Å². The van der Waals surface area contributed by atoms with Crippen molar-refractivity contribution in [3.05, 3.63) is 23.2 Å². The standard InChI is InChI=1S/C16H20ClN5O4S/c1-4-11(14(24)19-10-7-9(17)5-6-12(10)25-2)22-15(18)20-21-16(22)27-8-13(23)26-3/h5-7,11H,4,8H2,1-3H3,(H2,18,20)(H,19,24). The Balaban J connectivity index is 2.26. The fraction of sp³-hybridized carbons (Fsp3) is 0.375. The van der Waals surface area contributed by atoms with Gasteiger partial charge in [0.05, 0.1) is 25.7 Å². The molecule has 0 spiro atoms. The average molecular weight is 414 g/mol. The summed E-state index contributed by atoms with van der Waals surface area (Å²) in [4.78, 5) is 24.3. The maximum absolute atomic E-state index is 12.9. The Hall–Kier alpha value is -2.46. The number of aromatic nitrogens is 3. The van der Waals surface area contributed by atoms with E-state index in [0.717, 1.165) is 11.8 Å². The van der Waals surface area contributed by atoms with Gasteiger partial charge < -0.3 is 20.5 Å². The van der Waals surface area contributed by atoms with E-state index in [1.54, 1.807) is 18.2 Å². The molecular formula is C16H20ClN5O4S. The van der Waals surface area contributed by atoms with Gasteiger partial charge in [0.15, 0.2) is 5.16 Å². The minimum Gasteiger partial charge on any atom is -0.495 e. The number of nitrogen functional groups attached to an aromatic ring is 1. The Bertz CT molecular complexity index is 829. The molecule has 0 aliphatic heterocycles. The van der Waals surface area contributed by atoms with Gasteiger partial charge in [0.25, 0.3) is 0 Å². The molecule has 1 amide bonds. The molecule has 146 valence electrons. The van der Waals surface area contributed by atoms with Gasteiger partial charge in [-0.25, -0.2) is 0 Å². The van der Waals surface area contributed by atoms with E-state index >= 15 is 0 Å². The highest BCUT2D eigenvalue weighted by molar-refractivity contribution is 7.99. The predicted molar refractivity (Wildman–Crippen MR) is 103 cm³/mol. The number of rotatable bonds is 8. The first-order valence-corrected chi connectivity index (χ1v) is 9.32. The van der Waals surface area contributed by atoms with E-state index in [1.165, 1.54) is 18.8 Å². The third-order valence-corrected chi connectivity index (χ3v) is 4.81. The van der Waals surface area contributed by atoms with Crippen molar-refractivity contribution in [2.24, 2.45) is 0 Å². The zero-order valence-electron chi connectivity index (χ0n) is 15.1. The van der Waals surface area contributed by atoms with Crippen molar-refractivity contribution in [2.75, 3.05) is 31.0 Å². The van der Waals surface area contributed by atoms with Gasteiger partial charge in [-0.3, -0.25) is 14.2 Å². The number of benzene rings is 1. The lowest BCUT2D eigenvalue weighted by Gasteiger charge is -2.20. The monoisotopic (exact) mass is 413 g/mol. The Kier molecular flexibility index (Phi) is 7.31. The Morgan fingerprint density at radius 2 is 2.11 bits per heavy atom. The number of nitrogens with zero attached hydrogens (tertiary/aromatic N) is 3. The second kappa shape index (κ2) is 9.47. The number of anilines is 2. The van der Waals surface area contributed by atoms with E-state index in [9.17, 15) is 9.59 Å². The van der Waals surface area contributed by atoms with Crippen LogP contribution in [0.25, 0.3) is 0 Å². The van der Waals surface area contributed by atoms with Crippen LogP contribution in [0, 0.1) is 0 Å². The third-order valence-electron chi connectivity index (χ3n) is 3.66. The van der Waals surface area contributed by atoms with E-state index in [0.29, 0.717) is 28.0 Å². The molecule has 1 heterocycles. The van der Waals surface area contributed by atoms with Crippen LogP contribution in [0.1, 0.15) is 19.4 Å². The van der Waals surface area contributed by atoms with Gasteiger partial charge in [-0.1, -0.05) is 30.3 Å². The first kappa shape index (κ1) is 20.8. The number of hydrogen-bond donors (Lipinski definition) is 2. The molecule has 0 saturated heterocycles. The largest absolute Gasteiger partial charge is 0.495 e. The van der Waals surface area contributed by atoms with Crippen molar-refractivity contribution in [2.45, 2.75) is 24.5 Å². The lowest BCUT2D eigenvalue weighted by Crippen LogP contribution is -2.27. The molecule has 2 aromatic rings. The van der Waals surface area contributed by atoms with Crippen LogP contribution in [0.4, 0.5) is 11.6 Å². The fourth-order valence-electron chi connectivity index (χ4n) is 2.34. The summed E-state index contributed by atoms with van der Waals surface area (Å²) in [5.41, 5.74) is 6.34. The number of nitrogens with one attached hydrogen (secondary N) is 1. The number of halogens is 1. The number of nitrogens with two attached hydrogens (primary N) is 1. The second-order valence-corrected chi connectivity index (χ2v) is 6.71. The highest BCUT2D eigenvalue weighted by Gasteiger charge is 2.26. The number of amides is 1. The summed E-state index contributed by atoms with van der Waals surface area (Å²) in [6.07, 6.45) is 0.419. The minimum atomic E-state index is -0.691. The number of ether oxygens (including phenoxy) is 2. The summed E-state index contributed by atoms with van der Waals surface area (Å²) in [6, 6.07) is 4.22. The highest BCUT2D eigenvalue weighted by Crippen LogP contribution is 2.30. The quantitative estimate of drug-likeness (QED) is 0.499. The second-order valence-electron chi connectivity index (χ2n) is 5.33. The number of esters is 1. The summed E-state index contributed by atoms with van der Waals surface area (Å²) in [5.74, 6) is -0.199. The Morgan fingerprint density at radius 3 is 2.74 bits per heavy atom. The summed E-state index contributed by atoms with van der Waals surface area (Å²) in [7, 11) is 2.79. The van der Waals surface area contributed by atoms with Gasteiger partial charge in [-0.05, 0) is 24.6 Å². The molecule has 2 rings (SSSR count). The molecule has 0 bridgehead atoms. The number of methoxy groups -OCH3 is 2.